The lowest BCUT2D eigenvalue weighted by Gasteiger charge is -2.33. The van der Waals surface area contributed by atoms with Gasteiger partial charge in [-0.1, -0.05) is 18.5 Å². The molecule has 2 rings (SSSR count). The van der Waals surface area contributed by atoms with Gasteiger partial charge in [0.15, 0.2) is 5.15 Å². The molecule has 0 bridgehead atoms. The molecule has 19 heavy (non-hydrogen) atoms. The predicted octanol–water partition coefficient (Wildman–Crippen LogP) is 1.38. The number of anilines is 1. The van der Waals surface area contributed by atoms with Gasteiger partial charge in [0.2, 0.25) is 5.91 Å². The molecule has 1 amide bonds. The summed E-state index contributed by atoms with van der Waals surface area (Å²) in [5.41, 5.74) is 0.527. The number of pyridine rings is 1. The number of likely N-dealkylation sites (tertiary alicyclic amines) is 1. The Morgan fingerprint density at radius 3 is 3.16 bits per heavy atom. The Balaban J connectivity index is 1.87. The molecule has 2 atom stereocenters. The van der Waals surface area contributed by atoms with Gasteiger partial charge >= 0.3 is 0 Å². The fraction of sp³-hybridized carbons (Fsp3) is 0.538. The lowest BCUT2D eigenvalue weighted by atomic mass is 9.97. The van der Waals surface area contributed by atoms with Crippen LogP contribution >= 0.6 is 11.6 Å². The van der Waals surface area contributed by atoms with Crippen molar-refractivity contribution < 1.29 is 9.90 Å². The van der Waals surface area contributed by atoms with Crippen LogP contribution < -0.4 is 5.32 Å². The van der Waals surface area contributed by atoms with E-state index in [1.54, 1.807) is 18.3 Å². The first-order valence-corrected chi connectivity index (χ1v) is 6.75. The van der Waals surface area contributed by atoms with Crippen molar-refractivity contribution in [3.63, 3.8) is 0 Å². The minimum Gasteiger partial charge on any atom is -0.393 e. The van der Waals surface area contributed by atoms with Crippen molar-refractivity contribution in [2.24, 2.45) is 5.92 Å². The molecule has 5 nitrogen and oxygen atoms in total. The van der Waals surface area contributed by atoms with Crippen LogP contribution in [0.2, 0.25) is 5.15 Å². The molecule has 104 valence electrons. The van der Waals surface area contributed by atoms with Gasteiger partial charge in [0.1, 0.15) is 0 Å². The third-order valence-electron chi connectivity index (χ3n) is 3.34. The smallest absolute Gasteiger partial charge is 0.238 e. The molecule has 1 aliphatic heterocycles. The van der Waals surface area contributed by atoms with Gasteiger partial charge in [0.05, 0.1) is 18.3 Å². The average molecular weight is 284 g/mol. The minimum atomic E-state index is -0.257. The van der Waals surface area contributed by atoms with Crippen LogP contribution in [0.4, 0.5) is 5.69 Å². The molecule has 1 saturated heterocycles. The van der Waals surface area contributed by atoms with Crippen LogP contribution in [0.5, 0.6) is 0 Å². The van der Waals surface area contributed by atoms with Crippen molar-refractivity contribution in [2.45, 2.75) is 19.4 Å². The van der Waals surface area contributed by atoms with Crippen molar-refractivity contribution in [1.82, 2.24) is 9.88 Å². The largest absolute Gasteiger partial charge is 0.393 e. The van der Waals surface area contributed by atoms with Crippen molar-refractivity contribution in [3.05, 3.63) is 23.5 Å². The van der Waals surface area contributed by atoms with Crippen LogP contribution in [0.15, 0.2) is 18.3 Å². The number of hydrogen-bond acceptors (Lipinski definition) is 4. The number of aliphatic hydroxyl groups is 1. The van der Waals surface area contributed by atoms with Crippen LogP contribution in [-0.2, 0) is 4.79 Å². The van der Waals surface area contributed by atoms with E-state index in [1.165, 1.54) is 0 Å². The van der Waals surface area contributed by atoms with Gasteiger partial charge in [-0.25, -0.2) is 4.98 Å². The minimum absolute atomic E-state index is 0.113. The van der Waals surface area contributed by atoms with E-state index in [1.807, 2.05) is 11.8 Å². The standard InChI is InChI=1S/C13H18ClN3O2/c1-9-7-17(6-4-11(9)18)8-12(19)16-10-3-2-5-15-13(10)14/h2-3,5,9,11,18H,4,6-8H2,1H3,(H,16,19). The topological polar surface area (TPSA) is 65.5 Å². The maximum absolute atomic E-state index is 11.9. The molecule has 0 aromatic carbocycles. The van der Waals surface area contributed by atoms with Crippen molar-refractivity contribution in [1.29, 1.82) is 0 Å². The molecule has 0 saturated carbocycles. The van der Waals surface area contributed by atoms with E-state index in [-0.39, 0.29) is 17.9 Å². The average Bonchev–Trinajstić information content (AvgIpc) is 2.37. The Morgan fingerprint density at radius 1 is 1.68 bits per heavy atom. The Hall–Kier alpha value is -1.17. The summed E-state index contributed by atoms with van der Waals surface area (Å²) < 4.78 is 0. The number of halogens is 1. The number of piperidine rings is 1. The van der Waals surface area contributed by atoms with E-state index >= 15 is 0 Å². The van der Waals surface area contributed by atoms with Crippen molar-refractivity contribution in [2.75, 3.05) is 25.0 Å². The lowest BCUT2D eigenvalue weighted by molar-refractivity contribution is -0.118. The fourth-order valence-electron chi connectivity index (χ4n) is 2.24. The summed E-state index contributed by atoms with van der Waals surface area (Å²) in [4.78, 5) is 17.9. The van der Waals surface area contributed by atoms with Crippen molar-refractivity contribution in [3.8, 4) is 0 Å². The van der Waals surface area contributed by atoms with Gasteiger partial charge in [-0.2, -0.15) is 0 Å². The summed E-state index contributed by atoms with van der Waals surface area (Å²) in [6, 6.07) is 3.44. The van der Waals surface area contributed by atoms with Gasteiger partial charge in [-0.3, -0.25) is 9.69 Å². The van der Waals surface area contributed by atoms with Crippen LogP contribution in [-0.4, -0.2) is 46.6 Å². The summed E-state index contributed by atoms with van der Waals surface area (Å²) in [6.07, 6.45) is 2.03. The molecular formula is C13H18ClN3O2. The van der Waals surface area contributed by atoms with Gasteiger partial charge in [0, 0.05) is 19.3 Å². The molecule has 2 unspecified atom stereocenters. The second kappa shape index (κ2) is 6.32. The van der Waals surface area contributed by atoms with E-state index < -0.39 is 0 Å². The van der Waals surface area contributed by atoms with Crippen LogP contribution in [0.3, 0.4) is 0 Å². The Labute approximate surface area is 117 Å². The zero-order chi connectivity index (χ0) is 13.8. The molecule has 2 N–H and O–H groups in total. The molecule has 2 heterocycles. The maximum Gasteiger partial charge on any atom is 0.238 e. The summed E-state index contributed by atoms with van der Waals surface area (Å²) in [7, 11) is 0. The van der Waals surface area contributed by atoms with Crippen LogP contribution in [0.25, 0.3) is 0 Å². The molecule has 0 spiro atoms. The first-order valence-electron chi connectivity index (χ1n) is 6.37. The molecular weight excluding hydrogens is 266 g/mol. The SMILES string of the molecule is CC1CN(CC(=O)Nc2cccnc2Cl)CCC1O. The van der Waals surface area contributed by atoms with Crippen LogP contribution in [0.1, 0.15) is 13.3 Å². The van der Waals surface area contributed by atoms with Crippen molar-refractivity contribution >= 4 is 23.2 Å². The monoisotopic (exact) mass is 283 g/mol. The fourth-order valence-corrected chi connectivity index (χ4v) is 2.40. The summed E-state index contributed by atoms with van der Waals surface area (Å²) in [5, 5.41) is 12.7. The molecule has 6 heteroatoms. The summed E-state index contributed by atoms with van der Waals surface area (Å²) >= 11 is 5.88. The Kier molecular flexibility index (Phi) is 4.74. The molecule has 1 fully saturated rings. The lowest BCUT2D eigenvalue weighted by Crippen LogP contribution is -2.45. The van der Waals surface area contributed by atoms with E-state index in [4.69, 9.17) is 11.6 Å². The molecule has 0 aliphatic carbocycles. The summed E-state index contributed by atoms with van der Waals surface area (Å²) in [6.45, 7) is 3.77. The summed E-state index contributed by atoms with van der Waals surface area (Å²) in [5.74, 6) is 0.0852. The van der Waals surface area contributed by atoms with E-state index in [0.717, 1.165) is 13.1 Å². The Morgan fingerprint density at radius 2 is 2.47 bits per heavy atom. The number of rotatable bonds is 3. The first kappa shape index (κ1) is 14.2. The highest BCUT2D eigenvalue weighted by atomic mass is 35.5. The first-order chi connectivity index (χ1) is 9.06. The highest BCUT2D eigenvalue weighted by Crippen LogP contribution is 2.18. The zero-order valence-electron chi connectivity index (χ0n) is 10.8. The van der Waals surface area contributed by atoms with E-state index in [0.29, 0.717) is 23.8 Å². The molecule has 1 aromatic rings. The second-order valence-electron chi connectivity index (χ2n) is 4.96. The maximum atomic E-state index is 11.9. The Bertz CT molecular complexity index is 455. The molecule has 1 aromatic heterocycles. The number of hydrogen-bond donors (Lipinski definition) is 2. The van der Waals surface area contributed by atoms with Gasteiger partial charge in [0.25, 0.3) is 0 Å². The highest BCUT2D eigenvalue weighted by molar-refractivity contribution is 6.32. The third kappa shape index (κ3) is 3.89. The third-order valence-corrected chi connectivity index (χ3v) is 3.65. The zero-order valence-corrected chi connectivity index (χ0v) is 11.6. The number of nitrogens with one attached hydrogen (secondary N) is 1. The normalized spacial score (nSPS) is 24.2. The highest BCUT2D eigenvalue weighted by Gasteiger charge is 2.25. The van der Waals surface area contributed by atoms with Crippen LogP contribution in [0, 0.1) is 5.92 Å². The quantitative estimate of drug-likeness (QED) is 0.823. The number of amides is 1. The van der Waals surface area contributed by atoms with Gasteiger partial charge in [-0.15, -0.1) is 0 Å². The number of carbonyl (C=O) groups excluding carboxylic acids is 1. The number of aromatic nitrogens is 1. The second-order valence-corrected chi connectivity index (χ2v) is 5.32. The van der Waals surface area contributed by atoms with E-state index in [2.05, 4.69) is 10.3 Å². The number of aliphatic hydroxyl groups excluding tert-OH is 1. The van der Waals surface area contributed by atoms with Gasteiger partial charge in [-0.05, 0) is 24.5 Å². The predicted molar refractivity (Wildman–Crippen MR) is 74.1 cm³/mol. The molecule has 0 radical (unpaired) electrons. The van der Waals surface area contributed by atoms with E-state index in [9.17, 15) is 9.90 Å². The number of nitrogens with zero attached hydrogens (tertiary/aromatic N) is 2. The molecule has 1 aliphatic rings. The number of carbonyl (C=O) groups is 1. The van der Waals surface area contributed by atoms with Gasteiger partial charge < -0.3 is 10.4 Å².